The molecule has 2 heterocycles. The zero-order valence-corrected chi connectivity index (χ0v) is 14.2. The standard InChI is InChI=1S/C17H17F3N4O3/c18-17(19,20)13-2-3-14(15(9-13)24(25)26)21-10-12-1-4-16(22-11-12)23-5-7-27-8-6-23/h1-4,9,11,21H,5-8,10H2. The van der Waals surface area contributed by atoms with E-state index in [9.17, 15) is 23.3 Å². The van der Waals surface area contributed by atoms with Gasteiger partial charge in [0.1, 0.15) is 11.5 Å². The van der Waals surface area contributed by atoms with Crippen molar-refractivity contribution in [3.05, 3.63) is 57.8 Å². The van der Waals surface area contributed by atoms with Crippen molar-refractivity contribution in [3.8, 4) is 0 Å². The number of morpholine rings is 1. The summed E-state index contributed by atoms with van der Waals surface area (Å²) in [6, 6.07) is 6.07. The van der Waals surface area contributed by atoms with Gasteiger partial charge in [-0.1, -0.05) is 6.07 Å². The van der Waals surface area contributed by atoms with Crippen molar-refractivity contribution in [2.24, 2.45) is 0 Å². The van der Waals surface area contributed by atoms with E-state index >= 15 is 0 Å². The van der Waals surface area contributed by atoms with Crippen LogP contribution in [0, 0.1) is 10.1 Å². The van der Waals surface area contributed by atoms with Gasteiger partial charge in [0.05, 0.1) is 23.7 Å². The van der Waals surface area contributed by atoms with E-state index in [0.29, 0.717) is 19.3 Å². The number of ether oxygens (including phenoxy) is 1. The Morgan fingerprint density at radius 1 is 1.22 bits per heavy atom. The fourth-order valence-electron chi connectivity index (χ4n) is 2.71. The Morgan fingerprint density at radius 3 is 2.56 bits per heavy atom. The van der Waals surface area contributed by atoms with Gasteiger partial charge in [0.25, 0.3) is 5.69 Å². The van der Waals surface area contributed by atoms with Gasteiger partial charge in [0.2, 0.25) is 0 Å². The molecule has 10 heteroatoms. The molecule has 0 unspecified atom stereocenters. The summed E-state index contributed by atoms with van der Waals surface area (Å²) >= 11 is 0. The second-order valence-corrected chi connectivity index (χ2v) is 5.96. The molecule has 1 N–H and O–H groups in total. The molecular weight excluding hydrogens is 365 g/mol. The zero-order chi connectivity index (χ0) is 19.4. The highest BCUT2D eigenvalue weighted by Crippen LogP contribution is 2.35. The van der Waals surface area contributed by atoms with E-state index in [-0.39, 0.29) is 12.2 Å². The average Bonchev–Trinajstić information content (AvgIpc) is 2.66. The Kier molecular flexibility index (Phi) is 5.45. The fraction of sp³-hybridized carbons (Fsp3) is 0.353. The van der Waals surface area contributed by atoms with Gasteiger partial charge in [-0.2, -0.15) is 13.2 Å². The lowest BCUT2D eigenvalue weighted by Crippen LogP contribution is -2.36. The van der Waals surface area contributed by atoms with Crippen LogP contribution in [0.25, 0.3) is 0 Å². The summed E-state index contributed by atoms with van der Waals surface area (Å²) in [4.78, 5) is 16.7. The predicted molar refractivity (Wildman–Crippen MR) is 92.7 cm³/mol. The number of nitro groups is 1. The Labute approximate surface area is 152 Å². The molecule has 0 saturated carbocycles. The molecule has 1 aliphatic rings. The molecule has 0 spiro atoms. The minimum absolute atomic E-state index is 0.0188. The van der Waals surface area contributed by atoms with Crippen molar-refractivity contribution in [2.45, 2.75) is 12.7 Å². The van der Waals surface area contributed by atoms with Gasteiger partial charge in [-0.05, 0) is 23.8 Å². The third-order valence-electron chi connectivity index (χ3n) is 4.15. The van der Waals surface area contributed by atoms with E-state index in [4.69, 9.17) is 4.74 Å². The van der Waals surface area contributed by atoms with Gasteiger partial charge in [0.15, 0.2) is 0 Å². The highest BCUT2D eigenvalue weighted by Gasteiger charge is 2.33. The lowest BCUT2D eigenvalue weighted by Gasteiger charge is -2.27. The van der Waals surface area contributed by atoms with Gasteiger partial charge in [0, 0.05) is 31.9 Å². The normalized spacial score (nSPS) is 14.9. The number of halogens is 3. The number of nitrogens with one attached hydrogen (secondary N) is 1. The van der Waals surface area contributed by atoms with Crippen LogP contribution in [0.15, 0.2) is 36.5 Å². The first-order valence-electron chi connectivity index (χ1n) is 8.22. The Bertz CT molecular complexity index is 806. The third-order valence-corrected chi connectivity index (χ3v) is 4.15. The number of benzene rings is 1. The van der Waals surface area contributed by atoms with E-state index in [1.54, 1.807) is 6.20 Å². The minimum Gasteiger partial charge on any atom is -0.378 e. The monoisotopic (exact) mass is 382 g/mol. The molecule has 1 aliphatic heterocycles. The summed E-state index contributed by atoms with van der Waals surface area (Å²) in [7, 11) is 0. The molecule has 0 radical (unpaired) electrons. The van der Waals surface area contributed by atoms with Crippen LogP contribution in [0.1, 0.15) is 11.1 Å². The number of nitro benzene ring substituents is 1. The van der Waals surface area contributed by atoms with Crippen LogP contribution in [0.5, 0.6) is 0 Å². The number of anilines is 2. The smallest absolute Gasteiger partial charge is 0.378 e. The molecule has 144 valence electrons. The number of hydrogen-bond donors (Lipinski definition) is 1. The second kappa shape index (κ2) is 7.78. The predicted octanol–water partition coefficient (Wildman–Crippen LogP) is 3.46. The van der Waals surface area contributed by atoms with Crippen molar-refractivity contribution < 1.29 is 22.8 Å². The maximum Gasteiger partial charge on any atom is 0.416 e. The highest BCUT2D eigenvalue weighted by atomic mass is 19.4. The van der Waals surface area contributed by atoms with Gasteiger partial charge in [-0.15, -0.1) is 0 Å². The van der Waals surface area contributed by atoms with Crippen LogP contribution in [-0.2, 0) is 17.5 Å². The van der Waals surface area contributed by atoms with Crippen molar-refractivity contribution in [3.63, 3.8) is 0 Å². The number of alkyl halides is 3. The lowest BCUT2D eigenvalue weighted by molar-refractivity contribution is -0.384. The van der Waals surface area contributed by atoms with Crippen LogP contribution in [0.2, 0.25) is 0 Å². The van der Waals surface area contributed by atoms with E-state index in [1.165, 1.54) is 0 Å². The van der Waals surface area contributed by atoms with Crippen LogP contribution in [0.3, 0.4) is 0 Å². The molecule has 7 nitrogen and oxygen atoms in total. The zero-order valence-electron chi connectivity index (χ0n) is 14.2. The molecule has 0 bridgehead atoms. The van der Waals surface area contributed by atoms with Gasteiger partial charge >= 0.3 is 6.18 Å². The van der Waals surface area contributed by atoms with E-state index in [1.807, 2.05) is 12.1 Å². The molecule has 1 aromatic carbocycles. The quantitative estimate of drug-likeness (QED) is 0.630. The first-order chi connectivity index (χ1) is 12.8. The van der Waals surface area contributed by atoms with Gasteiger partial charge in [-0.25, -0.2) is 4.98 Å². The molecule has 0 amide bonds. The van der Waals surface area contributed by atoms with Crippen molar-refractivity contribution in [1.29, 1.82) is 0 Å². The summed E-state index contributed by atoms with van der Waals surface area (Å²) < 4.78 is 43.5. The topological polar surface area (TPSA) is 80.5 Å². The summed E-state index contributed by atoms with van der Waals surface area (Å²) in [5.74, 6) is 0.808. The van der Waals surface area contributed by atoms with Crippen LogP contribution >= 0.6 is 0 Å². The molecule has 0 atom stereocenters. The average molecular weight is 382 g/mol. The molecule has 1 aromatic heterocycles. The molecule has 0 aliphatic carbocycles. The number of nitrogens with zero attached hydrogens (tertiary/aromatic N) is 3. The maximum atomic E-state index is 12.7. The number of hydrogen-bond acceptors (Lipinski definition) is 6. The first kappa shape index (κ1) is 18.9. The third kappa shape index (κ3) is 4.64. The summed E-state index contributed by atoms with van der Waals surface area (Å²) in [5, 5.41) is 13.9. The SMILES string of the molecule is O=[N+]([O-])c1cc(C(F)(F)F)ccc1NCc1ccc(N2CCOCC2)nc1. The molecule has 2 aromatic rings. The van der Waals surface area contributed by atoms with Crippen LogP contribution in [-0.4, -0.2) is 36.2 Å². The highest BCUT2D eigenvalue weighted by molar-refractivity contribution is 5.63. The second-order valence-electron chi connectivity index (χ2n) is 5.96. The summed E-state index contributed by atoms with van der Waals surface area (Å²) in [6.45, 7) is 2.98. The van der Waals surface area contributed by atoms with Crippen molar-refractivity contribution in [2.75, 3.05) is 36.5 Å². The number of aromatic nitrogens is 1. The summed E-state index contributed by atoms with van der Waals surface area (Å²) in [5.41, 5.74) is -0.912. The van der Waals surface area contributed by atoms with Crippen molar-refractivity contribution >= 4 is 17.2 Å². The Balaban J connectivity index is 1.69. The fourth-order valence-corrected chi connectivity index (χ4v) is 2.71. The van der Waals surface area contributed by atoms with Gasteiger partial charge in [-0.3, -0.25) is 10.1 Å². The number of rotatable bonds is 5. The molecule has 1 fully saturated rings. The van der Waals surface area contributed by atoms with E-state index in [2.05, 4.69) is 15.2 Å². The van der Waals surface area contributed by atoms with E-state index in [0.717, 1.165) is 36.6 Å². The Hall–Kier alpha value is -2.88. The largest absolute Gasteiger partial charge is 0.416 e. The maximum absolute atomic E-state index is 12.7. The molecule has 27 heavy (non-hydrogen) atoms. The van der Waals surface area contributed by atoms with E-state index < -0.39 is 22.4 Å². The minimum atomic E-state index is -4.64. The summed E-state index contributed by atoms with van der Waals surface area (Å²) in [6.07, 6.45) is -3.00. The lowest BCUT2D eigenvalue weighted by atomic mass is 10.1. The van der Waals surface area contributed by atoms with Crippen LogP contribution < -0.4 is 10.2 Å². The first-order valence-corrected chi connectivity index (χ1v) is 8.22. The molecular formula is C17H17F3N4O3. The molecule has 1 saturated heterocycles. The number of pyridine rings is 1. The van der Waals surface area contributed by atoms with Crippen molar-refractivity contribution in [1.82, 2.24) is 4.98 Å². The van der Waals surface area contributed by atoms with Gasteiger partial charge < -0.3 is 15.0 Å². The Morgan fingerprint density at radius 2 is 1.96 bits per heavy atom. The van der Waals surface area contributed by atoms with Crippen LogP contribution in [0.4, 0.5) is 30.4 Å². The molecule has 3 rings (SSSR count).